The first kappa shape index (κ1) is 15.3. The number of aryl methyl sites for hydroxylation is 1. The maximum atomic E-state index is 5.39. The van der Waals surface area contributed by atoms with E-state index in [4.69, 9.17) is 9.15 Å². The molecule has 114 valence electrons. The van der Waals surface area contributed by atoms with Crippen LogP contribution in [0.4, 0.5) is 11.7 Å². The maximum absolute atomic E-state index is 5.39. The Balaban J connectivity index is 1.85. The van der Waals surface area contributed by atoms with E-state index in [1.165, 1.54) is 11.3 Å². The van der Waals surface area contributed by atoms with E-state index >= 15 is 0 Å². The molecule has 0 fully saturated rings. The third-order valence-electron chi connectivity index (χ3n) is 3.14. The molecule has 0 unspecified atom stereocenters. The van der Waals surface area contributed by atoms with E-state index < -0.39 is 0 Å². The number of benzene rings is 1. The van der Waals surface area contributed by atoms with E-state index in [-0.39, 0.29) is 0 Å². The van der Waals surface area contributed by atoms with E-state index in [1.807, 2.05) is 0 Å². The van der Waals surface area contributed by atoms with Gasteiger partial charge in [0, 0.05) is 32.4 Å². The predicted molar refractivity (Wildman–Crippen MR) is 82.6 cm³/mol. The SMILES string of the molecule is CCN(CCNc1nnc(COC)o1)c1cccc(C)c1. The standard InChI is InChI=1S/C15H22N4O2/c1-4-19(13-7-5-6-12(2)10-13)9-8-16-15-18-17-14(21-15)11-20-3/h5-7,10H,4,8-9,11H2,1-3H3,(H,16,18). The minimum Gasteiger partial charge on any atom is -0.406 e. The minimum absolute atomic E-state index is 0.332. The molecule has 21 heavy (non-hydrogen) atoms. The average molecular weight is 290 g/mol. The highest BCUT2D eigenvalue weighted by atomic mass is 16.5. The van der Waals surface area contributed by atoms with Crippen molar-refractivity contribution >= 4 is 11.7 Å². The Hall–Kier alpha value is -2.08. The summed E-state index contributed by atoms with van der Waals surface area (Å²) in [6, 6.07) is 8.93. The van der Waals surface area contributed by atoms with Crippen molar-refractivity contribution in [3.8, 4) is 0 Å². The van der Waals surface area contributed by atoms with Gasteiger partial charge < -0.3 is 19.4 Å². The van der Waals surface area contributed by atoms with Crippen LogP contribution in [-0.2, 0) is 11.3 Å². The van der Waals surface area contributed by atoms with Crippen molar-refractivity contribution in [3.05, 3.63) is 35.7 Å². The van der Waals surface area contributed by atoms with Gasteiger partial charge in [0.05, 0.1) is 0 Å². The van der Waals surface area contributed by atoms with Gasteiger partial charge in [-0.05, 0) is 31.5 Å². The zero-order chi connectivity index (χ0) is 15.1. The smallest absolute Gasteiger partial charge is 0.315 e. The highest BCUT2D eigenvalue weighted by Crippen LogP contribution is 2.15. The number of hydrogen-bond donors (Lipinski definition) is 1. The normalized spacial score (nSPS) is 10.6. The molecule has 1 aromatic carbocycles. The van der Waals surface area contributed by atoms with Gasteiger partial charge in [-0.1, -0.05) is 17.2 Å². The maximum Gasteiger partial charge on any atom is 0.315 e. The van der Waals surface area contributed by atoms with E-state index in [2.05, 4.69) is 58.5 Å². The molecule has 0 aliphatic carbocycles. The molecule has 1 heterocycles. The third kappa shape index (κ3) is 4.46. The number of hydrogen-bond acceptors (Lipinski definition) is 6. The first-order valence-electron chi connectivity index (χ1n) is 7.09. The summed E-state index contributed by atoms with van der Waals surface area (Å²) in [6.07, 6.45) is 0. The lowest BCUT2D eigenvalue weighted by Crippen LogP contribution is -2.28. The third-order valence-corrected chi connectivity index (χ3v) is 3.14. The van der Waals surface area contributed by atoms with Crippen LogP contribution < -0.4 is 10.2 Å². The summed E-state index contributed by atoms with van der Waals surface area (Å²) in [6.45, 7) is 7.12. The molecule has 2 rings (SSSR count). The van der Waals surface area contributed by atoms with Crippen LogP contribution in [0.25, 0.3) is 0 Å². The summed E-state index contributed by atoms with van der Waals surface area (Å²) >= 11 is 0. The number of ether oxygens (including phenoxy) is 1. The van der Waals surface area contributed by atoms with Crippen LogP contribution in [0.2, 0.25) is 0 Å². The van der Waals surface area contributed by atoms with Crippen molar-refractivity contribution in [2.24, 2.45) is 0 Å². The van der Waals surface area contributed by atoms with Crippen LogP contribution >= 0.6 is 0 Å². The lowest BCUT2D eigenvalue weighted by atomic mass is 10.2. The van der Waals surface area contributed by atoms with Crippen molar-refractivity contribution in [2.45, 2.75) is 20.5 Å². The zero-order valence-electron chi connectivity index (χ0n) is 12.8. The van der Waals surface area contributed by atoms with Crippen molar-refractivity contribution in [1.29, 1.82) is 0 Å². The Morgan fingerprint density at radius 2 is 2.19 bits per heavy atom. The molecular weight excluding hydrogens is 268 g/mol. The highest BCUT2D eigenvalue weighted by molar-refractivity contribution is 5.48. The molecule has 6 nitrogen and oxygen atoms in total. The number of likely N-dealkylation sites (N-methyl/N-ethyl adjacent to an activating group) is 1. The molecule has 1 aromatic heterocycles. The highest BCUT2D eigenvalue weighted by Gasteiger charge is 2.07. The van der Waals surface area contributed by atoms with Crippen molar-refractivity contribution in [1.82, 2.24) is 10.2 Å². The van der Waals surface area contributed by atoms with Crippen molar-refractivity contribution in [2.75, 3.05) is 37.0 Å². The molecule has 0 atom stereocenters. The topological polar surface area (TPSA) is 63.4 Å². The quantitative estimate of drug-likeness (QED) is 0.805. The molecule has 2 aromatic rings. The molecule has 0 bridgehead atoms. The first-order chi connectivity index (χ1) is 10.2. The summed E-state index contributed by atoms with van der Waals surface area (Å²) in [7, 11) is 1.60. The van der Waals surface area contributed by atoms with Crippen LogP contribution in [-0.4, -0.2) is 36.9 Å². The second-order valence-electron chi connectivity index (χ2n) is 4.78. The molecule has 0 aliphatic heterocycles. The Morgan fingerprint density at radius 3 is 2.90 bits per heavy atom. The molecule has 0 amide bonds. The Labute approximate surface area is 125 Å². The van der Waals surface area contributed by atoms with Gasteiger partial charge in [0.1, 0.15) is 6.61 Å². The number of aromatic nitrogens is 2. The number of nitrogens with zero attached hydrogens (tertiary/aromatic N) is 3. The van der Waals surface area contributed by atoms with Gasteiger partial charge in [0.2, 0.25) is 5.89 Å². The van der Waals surface area contributed by atoms with Gasteiger partial charge in [-0.15, -0.1) is 5.10 Å². The Bertz CT molecular complexity index is 556. The molecule has 1 N–H and O–H groups in total. The van der Waals surface area contributed by atoms with Crippen LogP contribution in [0.5, 0.6) is 0 Å². The lowest BCUT2D eigenvalue weighted by Gasteiger charge is -2.23. The van der Waals surface area contributed by atoms with Gasteiger partial charge in [-0.25, -0.2) is 0 Å². The lowest BCUT2D eigenvalue weighted by molar-refractivity contribution is 0.160. The van der Waals surface area contributed by atoms with Crippen molar-refractivity contribution in [3.63, 3.8) is 0 Å². The number of nitrogens with one attached hydrogen (secondary N) is 1. The van der Waals surface area contributed by atoms with Gasteiger partial charge in [0.25, 0.3) is 0 Å². The predicted octanol–water partition coefficient (Wildman–Crippen LogP) is 2.46. The van der Waals surface area contributed by atoms with E-state index in [9.17, 15) is 0 Å². The molecule has 0 radical (unpaired) electrons. The molecular formula is C15H22N4O2. The number of anilines is 2. The summed E-state index contributed by atoms with van der Waals surface area (Å²) in [5.41, 5.74) is 2.49. The molecule has 0 saturated heterocycles. The van der Waals surface area contributed by atoms with Gasteiger partial charge in [-0.2, -0.15) is 0 Å². The molecule has 0 spiro atoms. The van der Waals surface area contributed by atoms with Gasteiger partial charge in [0.15, 0.2) is 0 Å². The summed E-state index contributed by atoms with van der Waals surface area (Å²) in [5.74, 6) is 0.478. The second-order valence-corrected chi connectivity index (χ2v) is 4.78. The van der Waals surface area contributed by atoms with Crippen LogP contribution in [0.15, 0.2) is 28.7 Å². The van der Waals surface area contributed by atoms with Crippen LogP contribution in [0, 0.1) is 6.92 Å². The van der Waals surface area contributed by atoms with Crippen LogP contribution in [0.1, 0.15) is 18.4 Å². The fraction of sp³-hybridized carbons (Fsp3) is 0.467. The molecule has 6 heteroatoms. The summed E-state index contributed by atoms with van der Waals surface area (Å²) < 4.78 is 10.3. The minimum atomic E-state index is 0.332. The fourth-order valence-corrected chi connectivity index (χ4v) is 2.10. The second kappa shape index (κ2) is 7.64. The van der Waals surface area contributed by atoms with E-state index in [1.54, 1.807) is 7.11 Å². The first-order valence-corrected chi connectivity index (χ1v) is 7.09. The monoisotopic (exact) mass is 290 g/mol. The summed E-state index contributed by atoms with van der Waals surface area (Å²) in [5, 5.41) is 10.9. The molecule has 0 saturated carbocycles. The van der Waals surface area contributed by atoms with Gasteiger partial charge in [-0.3, -0.25) is 0 Å². The molecule has 0 aliphatic rings. The number of methoxy groups -OCH3 is 1. The Morgan fingerprint density at radius 1 is 1.33 bits per heavy atom. The number of rotatable bonds is 8. The fourth-order valence-electron chi connectivity index (χ4n) is 2.10. The van der Waals surface area contributed by atoms with E-state index in [0.717, 1.165) is 19.6 Å². The van der Waals surface area contributed by atoms with Crippen LogP contribution in [0.3, 0.4) is 0 Å². The Kier molecular flexibility index (Phi) is 5.57. The van der Waals surface area contributed by atoms with Gasteiger partial charge >= 0.3 is 6.01 Å². The average Bonchev–Trinajstić information content (AvgIpc) is 2.92. The summed E-state index contributed by atoms with van der Waals surface area (Å²) in [4.78, 5) is 2.30. The van der Waals surface area contributed by atoms with E-state index in [0.29, 0.717) is 18.5 Å². The van der Waals surface area contributed by atoms with Crippen molar-refractivity contribution < 1.29 is 9.15 Å². The zero-order valence-corrected chi connectivity index (χ0v) is 12.8. The largest absolute Gasteiger partial charge is 0.406 e.